The lowest BCUT2D eigenvalue weighted by Crippen LogP contribution is -2.50. The summed E-state index contributed by atoms with van der Waals surface area (Å²) in [6.07, 6.45) is -2.44. The molecule has 0 bridgehead atoms. The second-order valence-corrected chi connectivity index (χ2v) is 9.17. The molecular weight excluding hydrogens is 449 g/mol. The average Bonchev–Trinajstić information content (AvgIpc) is 2.66. The second kappa shape index (κ2) is 7.98. The molecule has 1 aliphatic rings. The van der Waals surface area contributed by atoms with Crippen molar-refractivity contribution in [1.29, 1.82) is 0 Å². The number of amides is 1. The largest absolute Gasteiger partial charge is 0.453 e. The zero-order chi connectivity index (χ0) is 23.9. The van der Waals surface area contributed by atoms with Gasteiger partial charge in [-0.1, -0.05) is 0 Å². The maximum Gasteiger partial charge on any atom is 0.453 e. The summed E-state index contributed by atoms with van der Waals surface area (Å²) in [4.78, 5) is 20.4. The van der Waals surface area contributed by atoms with Crippen molar-refractivity contribution in [3.8, 4) is 5.75 Å². The lowest BCUT2D eigenvalue weighted by molar-refractivity contribution is -0.419. The average molecular weight is 469 g/mol. The molecule has 0 aliphatic carbocycles. The number of sulfonamides is 1. The van der Waals surface area contributed by atoms with Crippen molar-refractivity contribution in [2.75, 3.05) is 18.1 Å². The van der Waals surface area contributed by atoms with Crippen LogP contribution in [-0.2, 0) is 15.6 Å². The second-order valence-electron chi connectivity index (χ2n) is 7.17. The highest BCUT2D eigenvalue weighted by atomic mass is 32.2. The number of pyridine rings is 1. The molecule has 1 aromatic carbocycles. The van der Waals surface area contributed by atoms with E-state index in [1.54, 1.807) is 0 Å². The van der Waals surface area contributed by atoms with E-state index < -0.39 is 39.2 Å². The van der Waals surface area contributed by atoms with E-state index in [1.807, 2.05) is 0 Å². The molecular formula is C18H20FN5O7S. The van der Waals surface area contributed by atoms with Gasteiger partial charge >= 0.3 is 6.16 Å². The van der Waals surface area contributed by atoms with Gasteiger partial charge in [0.25, 0.3) is 5.91 Å². The van der Waals surface area contributed by atoms with Gasteiger partial charge in [-0.25, -0.2) is 27.1 Å². The number of aliphatic imine (C=N–C) groups is 1. The van der Waals surface area contributed by atoms with Crippen LogP contribution < -0.4 is 15.8 Å². The minimum atomic E-state index is -3.83. The number of anilines is 1. The number of aromatic nitrogens is 1. The molecule has 14 heteroatoms. The summed E-state index contributed by atoms with van der Waals surface area (Å²) in [5.74, 6) is -2.50. The summed E-state index contributed by atoms with van der Waals surface area (Å²) in [5.41, 5.74) is 4.12. The molecule has 6 N–H and O–H groups in total. The first kappa shape index (κ1) is 23.3. The summed E-state index contributed by atoms with van der Waals surface area (Å²) in [7, 11) is -2.59. The Balaban J connectivity index is 1.86. The van der Waals surface area contributed by atoms with Gasteiger partial charge < -0.3 is 31.1 Å². The summed E-state index contributed by atoms with van der Waals surface area (Å²) < 4.78 is 44.5. The SMILES string of the molecule is CN1C(N)=N[C@](C)(c2cc(NC(=O)c3ccc(OC(O)(O)O)cn3)ccc2F)CS1(=O)=O. The third kappa shape index (κ3) is 4.94. The molecule has 0 fully saturated rings. The van der Waals surface area contributed by atoms with Crippen molar-refractivity contribution in [2.24, 2.45) is 10.7 Å². The first-order valence-electron chi connectivity index (χ1n) is 8.96. The standard InChI is InChI=1S/C18H20FN5O7S/c1-17(9-32(29,30)24(2)16(20)23-17)12-7-10(3-5-13(12)19)22-15(25)14-6-4-11(8-21-14)31-18(26,27)28/h3-8,26-28H,9H2,1-2H3,(H2,20,23)(H,22,25)/t17-/m0/s1. The third-order valence-electron chi connectivity index (χ3n) is 4.59. The van der Waals surface area contributed by atoms with Gasteiger partial charge in [-0.3, -0.25) is 4.79 Å². The van der Waals surface area contributed by atoms with E-state index in [0.717, 1.165) is 22.6 Å². The Bertz CT molecular complexity index is 1180. The topological polar surface area (TPSA) is 188 Å². The first-order valence-corrected chi connectivity index (χ1v) is 10.6. The molecule has 12 nitrogen and oxygen atoms in total. The van der Waals surface area contributed by atoms with Gasteiger partial charge in [0.05, 0.1) is 11.9 Å². The van der Waals surface area contributed by atoms with Crippen molar-refractivity contribution >= 4 is 27.6 Å². The van der Waals surface area contributed by atoms with E-state index in [0.29, 0.717) is 0 Å². The Morgan fingerprint density at radius 1 is 1.31 bits per heavy atom. The van der Waals surface area contributed by atoms with E-state index in [9.17, 15) is 17.6 Å². The monoisotopic (exact) mass is 469 g/mol. The van der Waals surface area contributed by atoms with Crippen LogP contribution in [-0.4, -0.2) is 63.9 Å². The molecule has 0 saturated carbocycles. The summed E-state index contributed by atoms with van der Waals surface area (Å²) in [6, 6.07) is 5.90. The van der Waals surface area contributed by atoms with Crippen LogP contribution in [0.2, 0.25) is 0 Å². The Morgan fingerprint density at radius 3 is 2.56 bits per heavy atom. The highest BCUT2D eigenvalue weighted by Crippen LogP contribution is 2.34. The predicted octanol–water partition coefficient (Wildman–Crippen LogP) is -0.755. The van der Waals surface area contributed by atoms with Crippen LogP contribution >= 0.6 is 0 Å². The number of nitrogens with two attached hydrogens (primary N) is 1. The Hall–Kier alpha value is -3.33. The predicted molar refractivity (Wildman–Crippen MR) is 109 cm³/mol. The fourth-order valence-corrected chi connectivity index (χ4v) is 4.48. The fraction of sp³-hybridized carbons (Fsp3) is 0.278. The number of halogens is 1. The van der Waals surface area contributed by atoms with Gasteiger partial charge in [0, 0.05) is 18.3 Å². The van der Waals surface area contributed by atoms with Gasteiger partial charge in [-0.05, 0) is 37.3 Å². The number of carbonyl (C=O) groups is 1. The molecule has 0 spiro atoms. The zero-order valence-corrected chi connectivity index (χ0v) is 17.7. The van der Waals surface area contributed by atoms with Gasteiger partial charge in [0.15, 0.2) is 0 Å². The third-order valence-corrected chi connectivity index (χ3v) is 6.54. The number of rotatable bonds is 5. The molecule has 172 valence electrons. The van der Waals surface area contributed by atoms with E-state index in [-0.39, 0.29) is 28.7 Å². The van der Waals surface area contributed by atoms with Gasteiger partial charge in [0.1, 0.15) is 22.8 Å². The fourth-order valence-electron chi connectivity index (χ4n) is 3.03. The molecule has 1 atom stereocenters. The van der Waals surface area contributed by atoms with E-state index in [2.05, 4.69) is 20.0 Å². The molecule has 0 radical (unpaired) electrons. The van der Waals surface area contributed by atoms with Crippen LogP contribution in [0, 0.1) is 5.82 Å². The minimum absolute atomic E-state index is 0.0863. The highest BCUT2D eigenvalue weighted by molar-refractivity contribution is 7.89. The highest BCUT2D eigenvalue weighted by Gasteiger charge is 2.41. The molecule has 3 rings (SSSR count). The maximum absolute atomic E-state index is 14.6. The Morgan fingerprint density at radius 2 is 2.00 bits per heavy atom. The molecule has 0 unspecified atom stereocenters. The Labute approximate surface area is 181 Å². The number of guanidine groups is 1. The molecule has 2 aromatic rings. The maximum atomic E-state index is 14.6. The number of hydrogen-bond acceptors (Lipinski definition) is 10. The van der Waals surface area contributed by atoms with Crippen LogP contribution in [0.15, 0.2) is 41.5 Å². The lowest BCUT2D eigenvalue weighted by atomic mass is 9.93. The summed E-state index contributed by atoms with van der Waals surface area (Å²) in [6.45, 7) is 1.41. The number of ether oxygens (including phenoxy) is 1. The smallest absolute Gasteiger partial charge is 0.415 e. The molecule has 1 amide bonds. The molecule has 2 heterocycles. The first-order chi connectivity index (χ1) is 14.7. The van der Waals surface area contributed by atoms with Crippen molar-refractivity contribution in [2.45, 2.75) is 18.6 Å². The van der Waals surface area contributed by atoms with Crippen LogP contribution in [0.4, 0.5) is 10.1 Å². The van der Waals surface area contributed by atoms with Crippen LogP contribution in [0.25, 0.3) is 0 Å². The summed E-state index contributed by atoms with van der Waals surface area (Å²) in [5, 5.41) is 28.8. The Kier molecular flexibility index (Phi) is 5.82. The van der Waals surface area contributed by atoms with E-state index in [4.69, 9.17) is 21.1 Å². The van der Waals surface area contributed by atoms with E-state index in [1.165, 1.54) is 32.2 Å². The number of hydrogen-bond donors (Lipinski definition) is 5. The number of nitrogens with one attached hydrogen (secondary N) is 1. The minimum Gasteiger partial charge on any atom is -0.415 e. The summed E-state index contributed by atoms with van der Waals surface area (Å²) >= 11 is 0. The van der Waals surface area contributed by atoms with Crippen LogP contribution in [0.5, 0.6) is 5.75 Å². The quantitative estimate of drug-likeness (QED) is 0.351. The number of benzene rings is 1. The van der Waals surface area contributed by atoms with Gasteiger partial charge in [-0.2, -0.15) is 0 Å². The molecule has 1 aromatic heterocycles. The van der Waals surface area contributed by atoms with Crippen molar-refractivity contribution in [1.82, 2.24) is 9.29 Å². The van der Waals surface area contributed by atoms with Crippen molar-refractivity contribution < 1.29 is 37.7 Å². The number of carbonyl (C=O) groups excluding carboxylic acids is 1. The van der Waals surface area contributed by atoms with E-state index >= 15 is 0 Å². The molecule has 0 saturated heterocycles. The van der Waals surface area contributed by atoms with Gasteiger partial charge in [0.2, 0.25) is 16.0 Å². The van der Waals surface area contributed by atoms with Crippen molar-refractivity contribution in [3.63, 3.8) is 0 Å². The van der Waals surface area contributed by atoms with Crippen LogP contribution in [0.1, 0.15) is 23.0 Å². The normalized spacial score (nSPS) is 20.4. The van der Waals surface area contributed by atoms with Crippen molar-refractivity contribution in [3.05, 3.63) is 53.6 Å². The lowest BCUT2D eigenvalue weighted by Gasteiger charge is -2.34. The number of aliphatic hydroxyl groups is 3. The van der Waals surface area contributed by atoms with Gasteiger partial charge in [-0.15, -0.1) is 0 Å². The zero-order valence-electron chi connectivity index (χ0n) is 16.9. The molecule has 32 heavy (non-hydrogen) atoms. The molecule has 1 aliphatic heterocycles. The number of nitrogens with zero attached hydrogens (tertiary/aromatic N) is 3. The van der Waals surface area contributed by atoms with Crippen LogP contribution in [0.3, 0.4) is 0 Å².